The first-order chi connectivity index (χ1) is 16.5. The van der Waals surface area contributed by atoms with E-state index in [4.69, 9.17) is 20.2 Å². The van der Waals surface area contributed by atoms with Crippen LogP contribution in [0.3, 0.4) is 0 Å². The van der Waals surface area contributed by atoms with Crippen molar-refractivity contribution in [2.24, 2.45) is 5.73 Å². The zero-order valence-electron chi connectivity index (χ0n) is 18.7. The molecule has 0 fully saturated rings. The molecule has 34 heavy (non-hydrogen) atoms. The van der Waals surface area contributed by atoms with Crippen molar-refractivity contribution in [2.75, 3.05) is 26.5 Å². The Morgan fingerprint density at radius 1 is 1.41 bits per heavy atom. The first-order valence-corrected chi connectivity index (χ1v) is 11.5. The van der Waals surface area contributed by atoms with Crippen LogP contribution in [0.4, 0.5) is 0 Å². The van der Waals surface area contributed by atoms with Gasteiger partial charge < -0.3 is 20.1 Å². The normalized spacial score (nSPS) is 17.9. The summed E-state index contributed by atoms with van der Waals surface area (Å²) in [5.41, 5.74) is 9.44. The smallest absolute Gasteiger partial charge is 0.338 e. The van der Waals surface area contributed by atoms with Crippen molar-refractivity contribution in [2.45, 2.75) is 23.9 Å². The number of nitrogens with two attached hydrogens (primary N) is 1. The number of hydrogen-bond donors (Lipinski definition) is 1. The Labute approximate surface area is 201 Å². The number of esters is 1. The van der Waals surface area contributed by atoms with Gasteiger partial charge in [0.2, 0.25) is 5.88 Å². The number of allylic oxidation sites excluding steroid dienone is 1. The van der Waals surface area contributed by atoms with E-state index in [-0.39, 0.29) is 28.5 Å². The van der Waals surface area contributed by atoms with Crippen LogP contribution in [-0.2, 0) is 27.2 Å². The Bertz CT molecular complexity index is 1280. The number of thioether (sulfide) groups is 1. The van der Waals surface area contributed by atoms with Gasteiger partial charge in [0.1, 0.15) is 28.5 Å². The molecule has 0 radical (unpaired) electrons. The van der Waals surface area contributed by atoms with E-state index in [0.29, 0.717) is 16.2 Å². The number of nitriles is 2. The van der Waals surface area contributed by atoms with Gasteiger partial charge in [-0.15, -0.1) is 0 Å². The lowest BCUT2D eigenvalue weighted by Crippen LogP contribution is -2.27. The van der Waals surface area contributed by atoms with Crippen molar-refractivity contribution < 1.29 is 14.3 Å². The van der Waals surface area contributed by atoms with Crippen LogP contribution in [-0.4, -0.2) is 47.3 Å². The third-order valence-electron chi connectivity index (χ3n) is 5.71. The van der Waals surface area contributed by atoms with Gasteiger partial charge in [-0.25, -0.2) is 9.78 Å². The first-order valence-electron chi connectivity index (χ1n) is 10.5. The standard InChI is InChI=1S/C24H22N6O3S/c1-30-7-5-18-16(12-30)8-15(9-25)23(29-18)34-13-19-21(24(31)32-2)20(14-4-3-6-28-11-14)17(10-26)22(27)33-19/h3-4,6,8,11,20H,5,7,12-13,27H2,1-2H3/t20-/m1/s1. The van der Waals surface area contributed by atoms with Crippen LogP contribution >= 0.6 is 11.8 Å². The Morgan fingerprint density at radius 3 is 2.91 bits per heavy atom. The molecular formula is C24H22N6O3S. The zero-order chi connectivity index (χ0) is 24.2. The van der Waals surface area contributed by atoms with E-state index in [1.165, 1.54) is 18.9 Å². The molecular weight excluding hydrogens is 452 g/mol. The van der Waals surface area contributed by atoms with E-state index in [9.17, 15) is 15.3 Å². The number of pyridine rings is 2. The predicted octanol–water partition coefficient (Wildman–Crippen LogP) is 2.36. The summed E-state index contributed by atoms with van der Waals surface area (Å²) < 4.78 is 10.8. The second-order valence-electron chi connectivity index (χ2n) is 7.87. The van der Waals surface area contributed by atoms with Crippen LogP contribution in [0, 0.1) is 22.7 Å². The molecule has 2 aromatic heterocycles. The molecule has 0 saturated carbocycles. The van der Waals surface area contributed by atoms with Crippen LogP contribution in [0.5, 0.6) is 0 Å². The molecule has 2 aliphatic rings. The highest BCUT2D eigenvalue weighted by molar-refractivity contribution is 7.99. The molecule has 2 aromatic rings. The van der Waals surface area contributed by atoms with Gasteiger partial charge in [0.25, 0.3) is 0 Å². The molecule has 0 aliphatic carbocycles. The van der Waals surface area contributed by atoms with Gasteiger partial charge in [0, 0.05) is 37.6 Å². The maximum atomic E-state index is 12.9. The Morgan fingerprint density at radius 2 is 2.24 bits per heavy atom. The van der Waals surface area contributed by atoms with Crippen LogP contribution < -0.4 is 5.73 Å². The van der Waals surface area contributed by atoms with E-state index >= 15 is 0 Å². The van der Waals surface area contributed by atoms with Gasteiger partial charge in [-0.05, 0) is 30.3 Å². The topological polar surface area (TPSA) is 138 Å². The van der Waals surface area contributed by atoms with E-state index in [0.717, 1.165) is 30.8 Å². The van der Waals surface area contributed by atoms with Crippen LogP contribution in [0.1, 0.15) is 28.3 Å². The zero-order valence-corrected chi connectivity index (χ0v) is 19.6. The minimum Gasteiger partial charge on any atom is -0.466 e. The highest BCUT2D eigenvalue weighted by Crippen LogP contribution is 2.41. The highest BCUT2D eigenvalue weighted by Gasteiger charge is 2.37. The molecule has 9 nitrogen and oxygen atoms in total. The Hall–Kier alpha value is -3.86. The quantitative estimate of drug-likeness (QED) is 0.507. The van der Waals surface area contributed by atoms with Gasteiger partial charge in [-0.3, -0.25) is 4.98 Å². The number of aromatic nitrogens is 2. The van der Waals surface area contributed by atoms with E-state index in [2.05, 4.69) is 22.0 Å². The summed E-state index contributed by atoms with van der Waals surface area (Å²) in [7, 11) is 3.30. The maximum Gasteiger partial charge on any atom is 0.338 e. The summed E-state index contributed by atoms with van der Waals surface area (Å²) in [6, 6.07) is 9.62. The van der Waals surface area contributed by atoms with E-state index in [1.807, 2.05) is 13.1 Å². The summed E-state index contributed by atoms with van der Waals surface area (Å²) in [5.74, 6) is -1.07. The number of ether oxygens (including phenoxy) is 2. The summed E-state index contributed by atoms with van der Waals surface area (Å²) in [5, 5.41) is 20.0. The predicted molar refractivity (Wildman–Crippen MR) is 124 cm³/mol. The molecule has 0 aromatic carbocycles. The molecule has 4 rings (SSSR count). The van der Waals surface area contributed by atoms with Gasteiger partial charge in [-0.1, -0.05) is 17.8 Å². The summed E-state index contributed by atoms with van der Waals surface area (Å²) in [6.07, 6.45) is 3.97. The SMILES string of the molecule is COC(=O)C1=C(CSc2nc3c(cc2C#N)CN(C)CC3)OC(N)=C(C#N)[C@H]1c1cccnc1. The van der Waals surface area contributed by atoms with Crippen molar-refractivity contribution >= 4 is 17.7 Å². The molecule has 0 spiro atoms. The molecule has 2 aliphatic heterocycles. The number of rotatable bonds is 5. The average Bonchev–Trinajstić information content (AvgIpc) is 2.86. The lowest BCUT2D eigenvalue weighted by atomic mass is 9.84. The molecule has 172 valence electrons. The molecule has 0 unspecified atom stereocenters. The van der Waals surface area contributed by atoms with Crippen molar-refractivity contribution in [3.05, 3.63) is 75.8 Å². The fraction of sp³-hybridized carbons (Fsp3) is 0.292. The van der Waals surface area contributed by atoms with Gasteiger partial charge in [-0.2, -0.15) is 10.5 Å². The Balaban J connectivity index is 1.73. The minimum atomic E-state index is -0.780. The fourth-order valence-corrected chi connectivity index (χ4v) is 4.97. The number of nitrogens with zero attached hydrogens (tertiary/aromatic N) is 5. The molecule has 0 bridgehead atoms. The van der Waals surface area contributed by atoms with Crippen molar-refractivity contribution in [1.82, 2.24) is 14.9 Å². The Kier molecular flexibility index (Phi) is 6.82. The largest absolute Gasteiger partial charge is 0.466 e. The van der Waals surface area contributed by atoms with Gasteiger partial charge in [0.15, 0.2) is 0 Å². The molecule has 10 heteroatoms. The third kappa shape index (κ3) is 4.46. The highest BCUT2D eigenvalue weighted by atomic mass is 32.2. The maximum absolute atomic E-state index is 12.9. The number of hydrogen-bond acceptors (Lipinski definition) is 10. The lowest BCUT2D eigenvalue weighted by Gasteiger charge is -2.28. The van der Waals surface area contributed by atoms with Crippen molar-refractivity contribution in [1.29, 1.82) is 10.5 Å². The van der Waals surface area contributed by atoms with Gasteiger partial charge >= 0.3 is 5.97 Å². The monoisotopic (exact) mass is 474 g/mol. The van der Waals surface area contributed by atoms with Gasteiger partial charge in [0.05, 0.1) is 29.9 Å². The summed E-state index contributed by atoms with van der Waals surface area (Å²) in [4.78, 5) is 23.9. The van der Waals surface area contributed by atoms with Crippen LogP contribution in [0.2, 0.25) is 0 Å². The number of likely N-dealkylation sites (N-methyl/N-ethyl adjacent to an activating group) is 1. The second kappa shape index (κ2) is 9.96. The van der Waals surface area contributed by atoms with E-state index in [1.54, 1.807) is 24.5 Å². The van der Waals surface area contributed by atoms with Crippen molar-refractivity contribution in [3.63, 3.8) is 0 Å². The average molecular weight is 475 g/mol. The number of fused-ring (bicyclic) bond motifs is 1. The molecule has 2 N–H and O–H groups in total. The number of methoxy groups -OCH3 is 1. The first kappa shape index (κ1) is 23.3. The number of carbonyl (C=O) groups excluding carboxylic acids is 1. The number of carbonyl (C=O) groups is 1. The summed E-state index contributed by atoms with van der Waals surface area (Å²) in [6.45, 7) is 1.63. The lowest BCUT2D eigenvalue weighted by molar-refractivity contribution is -0.136. The van der Waals surface area contributed by atoms with Crippen LogP contribution in [0.25, 0.3) is 0 Å². The molecule has 4 heterocycles. The minimum absolute atomic E-state index is 0.0819. The fourth-order valence-electron chi connectivity index (χ4n) is 4.06. The third-order valence-corrected chi connectivity index (χ3v) is 6.70. The summed E-state index contributed by atoms with van der Waals surface area (Å²) >= 11 is 1.28. The van der Waals surface area contributed by atoms with Crippen molar-refractivity contribution in [3.8, 4) is 12.1 Å². The molecule has 0 saturated heterocycles. The second-order valence-corrected chi connectivity index (χ2v) is 8.84. The van der Waals surface area contributed by atoms with Crippen LogP contribution in [0.15, 0.2) is 58.4 Å². The molecule has 0 amide bonds. The molecule has 1 atom stereocenters. The van der Waals surface area contributed by atoms with E-state index < -0.39 is 11.9 Å².